The SMILES string of the molecule is COc1cc(CC(=O)N[C@@H]2C[C@H]3OCC[C@@H]23)cc(OC)c1OC. The number of hydrogen-bond donors (Lipinski definition) is 1. The number of carbonyl (C=O) groups is 1. The molecule has 2 aliphatic rings. The van der Waals surface area contributed by atoms with Crippen LogP contribution in [0.5, 0.6) is 17.2 Å². The fourth-order valence-corrected chi connectivity index (χ4v) is 3.44. The molecule has 1 amide bonds. The van der Waals surface area contributed by atoms with Gasteiger partial charge in [-0.05, 0) is 30.5 Å². The molecule has 126 valence electrons. The van der Waals surface area contributed by atoms with Crippen LogP contribution in [0.1, 0.15) is 18.4 Å². The Balaban J connectivity index is 1.66. The van der Waals surface area contributed by atoms with E-state index >= 15 is 0 Å². The van der Waals surface area contributed by atoms with Crippen LogP contribution in [-0.4, -0.2) is 46.0 Å². The number of benzene rings is 1. The minimum atomic E-state index is 0.00891. The highest BCUT2D eigenvalue weighted by molar-refractivity contribution is 5.79. The topological polar surface area (TPSA) is 66.0 Å². The van der Waals surface area contributed by atoms with Crippen LogP contribution < -0.4 is 19.5 Å². The van der Waals surface area contributed by atoms with Gasteiger partial charge in [0.2, 0.25) is 11.7 Å². The van der Waals surface area contributed by atoms with E-state index in [2.05, 4.69) is 5.32 Å². The van der Waals surface area contributed by atoms with Gasteiger partial charge in [-0.1, -0.05) is 0 Å². The lowest BCUT2D eigenvalue weighted by Gasteiger charge is -2.39. The van der Waals surface area contributed by atoms with Crippen LogP contribution in [0.25, 0.3) is 0 Å². The van der Waals surface area contributed by atoms with Crippen LogP contribution in [0.2, 0.25) is 0 Å². The van der Waals surface area contributed by atoms with Gasteiger partial charge in [0.05, 0.1) is 33.9 Å². The first kappa shape index (κ1) is 15.9. The van der Waals surface area contributed by atoms with Crippen LogP contribution in [-0.2, 0) is 16.0 Å². The Bertz CT molecular complexity index is 563. The van der Waals surface area contributed by atoms with E-state index < -0.39 is 0 Å². The highest BCUT2D eigenvalue weighted by atomic mass is 16.5. The Morgan fingerprint density at radius 2 is 1.91 bits per heavy atom. The van der Waals surface area contributed by atoms with Crippen LogP contribution in [0, 0.1) is 5.92 Å². The Morgan fingerprint density at radius 1 is 1.22 bits per heavy atom. The highest BCUT2D eigenvalue weighted by Crippen LogP contribution is 2.39. The molecule has 1 aliphatic heterocycles. The largest absolute Gasteiger partial charge is 0.493 e. The average molecular weight is 321 g/mol. The van der Waals surface area contributed by atoms with Gasteiger partial charge in [0.15, 0.2) is 11.5 Å². The number of rotatable bonds is 6. The van der Waals surface area contributed by atoms with E-state index in [0.717, 1.165) is 25.0 Å². The van der Waals surface area contributed by atoms with Crippen molar-refractivity contribution < 1.29 is 23.7 Å². The molecule has 1 N–H and O–H groups in total. The molecule has 2 fully saturated rings. The minimum absolute atomic E-state index is 0.00891. The van der Waals surface area contributed by atoms with Crippen LogP contribution in [0.15, 0.2) is 12.1 Å². The minimum Gasteiger partial charge on any atom is -0.493 e. The second kappa shape index (κ2) is 6.66. The molecule has 1 saturated heterocycles. The second-order valence-corrected chi connectivity index (χ2v) is 5.98. The molecule has 1 saturated carbocycles. The van der Waals surface area contributed by atoms with E-state index in [1.54, 1.807) is 21.3 Å². The van der Waals surface area contributed by atoms with Crippen molar-refractivity contribution in [3.05, 3.63) is 17.7 Å². The number of amides is 1. The van der Waals surface area contributed by atoms with Crippen LogP contribution >= 0.6 is 0 Å². The zero-order valence-electron chi connectivity index (χ0n) is 13.8. The summed E-state index contributed by atoms with van der Waals surface area (Å²) < 4.78 is 21.5. The Kier molecular flexibility index (Phi) is 4.61. The molecule has 1 heterocycles. The molecule has 3 atom stereocenters. The van der Waals surface area contributed by atoms with Crippen LogP contribution in [0.3, 0.4) is 0 Å². The Morgan fingerprint density at radius 3 is 2.48 bits per heavy atom. The standard InChI is InChI=1S/C17H23NO5/c1-20-14-6-10(7-15(21-2)17(14)22-3)8-16(19)18-12-9-13-11(12)4-5-23-13/h6-7,11-13H,4-5,8-9H2,1-3H3,(H,18,19)/t11-,12+,13+/m0/s1. The summed E-state index contributed by atoms with van der Waals surface area (Å²) in [7, 11) is 4.69. The van der Waals surface area contributed by atoms with Gasteiger partial charge in [-0.25, -0.2) is 0 Å². The third kappa shape index (κ3) is 3.08. The summed E-state index contributed by atoms with van der Waals surface area (Å²) in [6, 6.07) is 3.86. The smallest absolute Gasteiger partial charge is 0.224 e. The van der Waals surface area contributed by atoms with Gasteiger partial charge in [-0.3, -0.25) is 4.79 Å². The van der Waals surface area contributed by atoms with Gasteiger partial charge in [0.25, 0.3) is 0 Å². The van der Waals surface area contributed by atoms with Crippen molar-refractivity contribution in [2.24, 2.45) is 5.92 Å². The lowest BCUT2D eigenvalue weighted by Crippen LogP contribution is -2.53. The van der Waals surface area contributed by atoms with Gasteiger partial charge < -0.3 is 24.3 Å². The van der Waals surface area contributed by atoms with Crippen molar-refractivity contribution >= 4 is 5.91 Å². The maximum absolute atomic E-state index is 12.3. The molecule has 0 spiro atoms. The molecule has 1 aromatic rings. The molecular formula is C17H23NO5. The van der Waals surface area contributed by atoms with Crippen molar-refractivity contribution in [2.75, 3.05) is 27.9 Å². The summed E-state index contributed by atoms with van der Waals surface area (Å²) in [4.78, 5) is 12.3. The van der Waals surface area contributed by atoms with Gasteiger partial charge in [0, 0.05) is 18.6 Å². The van der Waals surface area contributed by atoms with Crippen molar-refractivity contribution in [3.63, 3.8) is 0 Å². The number of methoxy groups -OCH3 is 3. The average Bonchev–Trinajstić information content (AvgIpc) is 2.92. The molecule has 1 aromatic carbocycles. The molecule has 0 aromatic heterocycles. The van der Waals surface area contributed by atoms with E-state index in [0.29, 0.717) is 29.3 Å². The number of hydrogen-bond acceptors (Lipinski definition) is 5. The fourth-order valence-electron chi connectivity index (χ4n) is 3.44. The summed E-state index contributed by atoms with van der Waals surface area (Å²) in [5.41, 5.74) is 0.829. The lowest BCUT2D eigenvalue weighted by atomic mass is 9.76. The maximum Gasteiger partial charge on any atom is 0.224 e. The van der Waals surface area contributed by atoms with Crippen molar-refractivity contribution in [1.29, 1.82) is 0 Å². The van der Waals surface area contributed by atoms with E-state index in [1.807, 2.05) is 12.1 Å². The summed E-state index contributed by atoms with van der Waals surface area (Å²) in [6.45, 7) is 0.814. The summed E-state index contributed by atoms with van der Waals surface area (Å²) >= 11 is 0. The zero-order chi connectivity index (χ0) is 16.4. The van der Waals surface area contributed by atoms with E-state index in [9.17, 15) is 4.79 Å². The summed E-state index contributed by atoms with van der Waals surface area (Å²) in [5, 5.41) is 3.11. The predicted molar refractivity (Wildman–Crippen MR) is 84.2 cm³/mol. The molecule has 6 nitrogen and oxygen atoms in total. The predicted octanol–water partition coefficient (Wildman–Crippen LogP) is 1.55. The molecule has 0 bridgehead atoms. The van der Waals surface area contributed by atoms with Crippen molar-refractivity contribution in [3.8, 4) is 17.2 Å². The van der Waals surface area contributed by atoms with Crippen LogP contribution in [0.4, 0.5) is 0 Å². The third-order valence-electron chi connectivity index (χ3n) is 4.70. The molecule has 6 heteroatoms. The molecule has 3 rings (SSSR count). The molecule has 0 unspecified atom stereocenters. The third-order valence-corrected chi connectivity index (χ3v) is 4.70. The molecule has 23 heavy (non-hydrogen) atoms. The first-order chi connectivity index (χ1) is 11.2. The molecule has 0 radical (unpaired) electrons. The first-order valence-corrected chi connectivity index (χ1v) is 7.86. The number of fused-ring (bicyclic) bond motifs is 1. The first-order valence-electron chi connectivity index (χ1n) is 7.86. The Labute approximate surface area is 136 Å². The second-order valence-electron chi connectivity index (χ2n) is 5.98. The van der Waals surface area contributed by atoms with Gasteiger partial charge in [-0.15, -0.1) is 0 Å². The van der Waals surface area contributed by atoms with E-state index in [4.69, 9.17) is 18.9 Å². The van der Waals surface area contributed by atoms with E-state index in [1.165, 1.54) is 0 Å². The maximum atomic E-state index is 12.3. The van der Waals surface area contributed by atoms with E-state index in [-0.39, 0.29) is 18.4 Å². The van der Waals surface area contributed by atoms with Gasteiger partial charge in [-0.2, -0.15) is 0 Å². The monoisotopic (exact) mass is 321 g/mol. The van der Waals surface area contributed by atoms with Gasteiger partial charge in [0.1, 0.15) is 0 Å². The van der Waals surface area contributed by atoms with Crippen molar-refractivity contribution in [2.45, 2.75) is 31.4 Å². The number of nitrogens with one attached hydrogen (secondary N) is 1. The number of ether oxygens (including phenoxy) is 4. The fraction of sp³-hybridized carbons (Fsp3) is 0.588. The quantitative estimate of drug-likeness (QED) is 0.861. The summed E-state index contributed by atoms with van der Waals surface area (Å²) in [6.07, 6.45) is 2.60. The van der Waals surface area contributed by atoms with Crippen molar-refractivity contribution in [1.82, 2.24) is 5.32 Å². The number of carbonyl (C=O) groups excluding carboxylic acids is 1. The Hall–Kier alpha value is -1.95. The normalized spacial score (nSPS) is 25.3. The van der Waals surface area contributed by atoms with Gasteiger partial charge >= 0.3 is 0 Å². The zero-order valence-corrected chi connectivity index (χ0v) is 13.8. The molecule has 1 aliphatic carbocycles. The summed E-state index contributed by atoms with van der Waals surface area (Å²) in [5.74, 6) is 2.14. The lowest BCUT2D eigenvalue weighted by molar-refractivity contribution is -0.123. The highest BCUT2D eigenvalue weighted by Gasteiger charge is 2.45. The molecular weight excluding hydrogens is 298 g/mol.